The maximum Gasteiger partial charge on any atom is 0.126 e. The van der Waals surface area contributed by atoms with Gasteiger partial charge in [0.2, 0.25) is 0 Å². The van der Waals surface area contributed by atoms with E-state index in [2.05, 4.69) is 25.3 Å². The van der Waals surface area contributed by atoms with E-state index in [9.17, 15) is 0 Å². The zero-order valence-electron chi connectivity index (χ0n) is 10.6. The molecule has 1 aliphatic rings. The molecule has 0 spiro atoms. The maximum atomic E-state index is 6.17. The highest BCUT2D eigenvalue weighted by molar-refractivity contribution is 7.99. The fourth-order valence-electron chi connectivity index (χ4n) is 2.25. The number of aromatic nitrogens is 2. The molecule has 1 aromatic heterocycles. The van der Waals surface area contributed by atoms with Gasteiger partial charge >= 0.3 is 0 Å². The Balaban J connectivity index is 2.40. The lowest BCUT2D eigenvalue weighted by Gasteiger charge is -2.17. The van der Waals surface area contributed by atoms with Crippen molar-refractivity contribution < 1.29 is 0 Å². The number of nitrogens with two attached hydrogens (primary N) is 1. The molecule has 16 heavy (non-hydrogen) atoms. The van der Waals surface area contributed by atoms with E-state index in [0.717, 1.165) is 17.3 Å². The minimum Gasteiger partial charge on any atom is -0.384 e. The predicted octanol–water partition coefficient (Wildman–Crippen LogP) is 2.52. The van der Waals surface area contributed by atoms with Gasteiger partial charge in [-0.05, 0) is 12.2 Å². The predicted molar refractivity (Wildman–Crippen MR) is 71.0 cm³/mol. The van der Waals surface area contributed by atoms with Crippen molar-refractivity contribution in [3.8, 4) is 0 Å². The Morgan fingerprint density at radius 1 is 1.44 bits per heavy atom. The van der Waals surface area contributed by atoms with Crippen LogP contribution >= 0.6 is 11.8 Å². The monoisotopic (exact) mass is 239 g/mol. The normalized spacial score (nSPS) is 21.6. The molecule has 1 atom stereocenters. The van der Waals surface area contributed by atoms with Gasteiger partial charge in [-0.25, -0.2) is 4.98 Å². The van der Waals surface area contributed by atoms with E-state index in [0.29, 0.717) is 5.92 Å². The van der Waals surface area contributed by atoms with Crippen molar-refractivity contribution >= 4 is 17.6 Å². The maximum absolute atomic E-state index is 6.17. The molecule has 1 aliphatic heterocycles. The lowest BCUT2D eigenvalue weighted by atomic mass is 9.96. The minimum absolute atomic E-state index is 0.0624. The van der Waals surface area contributed by atoms with Gasteiger partial charge < -0.3 is 10.3 Å². The molecule has 0 amide bonds. The minimum atomic E-state index is 0.0624. The highest BCUT2D eigenvalue weighted by Crippen LogP contribution is 2.36. The molecule has 1 fully saturated rings. The molecule has 4 heteroatoms. The highest BCUT2D eigenvalue weighted by Gasteiger charge is 2.28. The summed E-state index contributed by atoms with van der Waals surface area (Å²) in [5.74, 6) is 4.93. The zero-order valence-corrected chi connectivity index (χ0v) is 11.4. The first-order valence-corrected chi connectivity index (χ1v) is 6.97. The fraction of sp³-hybridized carbons (Fsp3) is 0.750. The number of nitrogens with zero attached hydrogens (tertiary/aromatic N) is 2. The van der Waals surface area contributed by atoms with E-state index < -0.39 is 0 Å². The van der Waals surface area contributed by atoms with Gasteiger partial charge in [-0.1, -0.05) is 20.8 Å². The first-order valence-electron chi connectivity index (χ1n) is 5.81. The van der Waals surface area contributed by atoms with Gasteiger partial charge in [0.05, 0.1) is 5.69 Å². The van der Waals surface area contributed by atoms with E-state index in [4.69, 9.17) is 10.7 Å². The van der Waals surface area contributed by atoms with Crippen LogP contribution in [0, 0.1) is 0 Å². The Kier molecular flexibility index (Phi) is 2.95. The second-order valence-electron chi connectivity index (χ2n) is 5.58. The summed E-state index contributed by atoms with van der Waals surface area (Å²) in [5, 5.41) is 0. The fourth-order valence-corrected chi connectivity index (χ4v) is 3.48. The van der Waals surface area contributed by atoms with Crippen LogP contribution in [0.5, 0.6) is 0 Å². The third-order valence-electron chi connectivity index (χ3n) is 3.16. The molecule has 1 unspecified atom stereocenters. The number of nitrogen functional groups attached to an aromatic ring is 1. The lowest BCUT2D eigenvalue weighted by molar-refractivity contribution is 0.522. The summed E-state index contributed by atoms with van der Waals surface area (Å²) in [5.41, 5.74) is 7.36. The van der Waals surface area contributed by atoms with Gasteiger partial charge in [0.25, 0.3) is 0 Å². The smallest absolute Gasteiger partial charge is 0.126 e. The summed E-state index contributed by atoms with van der Waals surface area (Å²) in [7, 11) is 2.02. The van der Waals surface area contributed by atoms with Crippen LogP contribution in [0.1, 0.15) is 44.6 Å². The van der Waals surface area contributed by atoms with Gasteiger partial charge in [0.1, 0.15) is 11.6 Å². The summed E-state index contributed by atoms with van der Waals surface area (Å²) in [6.45, 7) is 6.55. The van der Waals surface area contributed by atoms with Crippen molar-refractivity contribution in [2.24, 2.45) is 7.05 Å². The van der Waals surface area contributed by atoms with Gasteiger partial charge in [0, 0.05) is 24.1 Å². The molecule has 0 aliphatic carbocycles. The van der Waals surface area contributed by atoms with E-state index in [1.165, 1.54) is 17.9 Å². The molecule has 2 N–H and O–H groups in total. The lowest BCUT2D eigenvalue weighted by Crippen LogP contribution is -2.18. The Morgan fingerprint density at radius 2 is 2.12 bits per heavy atom. The third-order valence-corrected chi connectivity index (χ3v) is 4.32. The van der Waals surface area contributed by atoms with Crippen LogP contribution in [-0.4, -0.2) is 21.1 Å². The molecular formula is C12H21N3S. The average Bonchev–Trinajstić information content (AvgIpc) is 2.75. The molecular weight excluding hydrogens is 218 g/mol. The first kappa shape index (κ1) is 11.8. The number of hydrogen-bond donors (Lipinski definition) is 1. The van der Waals surface area contributed by atoms with E-state index >= 15 is 0 Å². The number of hydrogen-bond acceptors (Lipinski definition) is 3. The second kappa shape index (κ2) is 3.99. The zero-order chi connectivity index (χ0) is 11.9. The van der Waals surface area contributed by atoms with E-state index in [1.807, 2.05) is 18.8 Å². The van der Waals surface area contributed by atoms with Crippen LogP contribution in [-0.2, 0) is 12.5 Å². The number of rotatable bonds is 1. The standard InChI is InChI=1S/C12H21N3S/c1-12(2,3)11-14-9(10(13)15(11)4)8-5-6-16-7-8/h8H,5-7,13H2,1-4H3. The highest BCUT2D eigenvalue weighted by atomic mass is 32.2. The number of thioether (sulfide) groups is 1. The van der Waals surface area contributed by atoms with Crippen LogP contribution < -0.4 is 5.73 Å². The van der Waals surface area contributed by atoms with Crippen LogP contribution in [0.4, 0.5) is 5.82 Å². The van der Waals surface area contributed by atoms with Crippen molar-refractivity contribution in [2.45, 2.75) is 38.5 Å². The topological polar surface area (TPSA) is 43.8 Å². The number of anilines is 1. The molecule has 2 heterocycles. The second-order valence-corrected chi connectivity index (χ2v) is 6.73. The Hall–Kier alpha value is -0.640. The van der Waals surface area contributed by atoms with Gasteiger partial charge in [-0.3, -0.25) is 0 Å². The number of imidazole rings is 1. The summed E-state index contributed by atoms with van der Waals surface area (Å²) >= 11 is 2.00. The molecule has 3 nitrogen and oxygen atoms in total. The molecule has 0 radical (unpaired) electrons. The molecule has 1 aromatic rings. The quantitative estimate of drug-likeness (QED) is 0.819. The summed E-state index contributed by atoms with van der Waals surface area (Å²) in [4.78, 5) is 4.79. The SMILES string of the molecule is Cn1c(C(C)(C)C)nc(C2CCSC2)c1N. The third kappa shape index (κ3) is 1.95. The first-order chi connectivity index (χ1) is 7.41. The Bertz CT molecular complexity index is 384. The van der Waals surface area contributed by atoms with Crippen molar-refractivity contribution in [3.63, 3.8) is 0 Å². The summed E-state index contributed by atoms with van der Waals surface area (Å²) < 4.78 is 2.05. The van der Waals surface area contributed by atoms with Crippen molar-refractivity contribution in [1.29, 1.82) is 0 Å². The van der Waals surface area contributed by atoms with Crippen molar-refractivity contribution in [2.75, 3.05) is 17.2 Å². The Morgan fingerprint density at radius 3 is 2.56 bits per heavy atom. The van der Waals surface area contributed by atoms with Crippen molar-refractivity contribution in [3.05, 3.63) is 11.5 Å². The van der Waals surface area contributed by atoms with E-state index in [1.54, 1.807) is 0 Å². The molecule has 0 bridgehead atoms. The largest absolute Gasteiger partial charge is 0.384 e. The summed E-state index contributed by atoms with van der Waals surface area (Å²) in [6.07, 6.45) is 1.22. The molecule has 1 saturated heterocycles. The molecule has 0 saturated carbocycles. The molecule has 0 aromatic carbocycles. The van der Waals surface area contributed by atoms with Crippen LogP contribution in [0.15, 0.2) is 0 Å². The Labute approximate surface area is 102 Å². The summed E-state index contributed by atoms with van der Waals surface area (Å²) in [6, 6.07) is 0. The van der Waals surface area contributed by atoms with E-state index in [-0.39, 0.29) is 5.41 Å². The van der Waals surface area contributed by atoms with Gasteiger partial charge in [-0.15, -0.1) is 0 Å². The van der Waals surface area contributed by atoms with Gasteiger partial charge in [0.15, 0.2) is 0 Å². The van der Waals surface area contributed by atoms with Crippen LogP contribution in [0.25, 0.3) is 0 Å². The average molecular weight is 239 g/mol. The van der Waals surface area contributed by atoms with Crippen LogP contribution in [0.3, 0.4) is 0 Å². The van der Waals surface area contributed by atoms with Crippen molar-refractivity contribution in [1.82, 2.24) is 9.55 Å². The molecule has 90 valence electrons. The van der Waals surface area contributed by atoms with Crippen LogP contribution in [0.2, 0.25) is 0 Å². The van der Waals surface area contributed by atoms with Gasteiger partial charge in [-0.2, -0.15) is 11.8 Å². The molecule has 2 rings (SSSR count).